The highest BCUT2D eigenvalue weighted by Crippen LogP contribution is 2.70. The molecule has 0 aliphatic heterocycles. The second-order valence-electron chi connectivity index (χ2n) is 7.46. The molecule has 16 heavy (non-hydrogen) atoms. The molecule has 1 N–H and O–H groups in total. The van der Waals surface area contributed by atoms with Crippen LogP contribution in [0, 0.1) is 22.7 Å². The van der Waals surface area contributed by atoms with Gasteiger partial charge in [0.05, 0.1) is 5.60 Å². The first-order valence-corrected chi connectivity index (χ1v) is 7.12. The predicted molar refractivity (Wildman–Crippen MR) is 66.1 cm³/mol. The summed E-state index contributed by atoms with van der Waals surface area (Å²) in [6.07, 6.45) is 9.18. The number of aliphatic hydroxyl groups is 1. The third-order valence-corrected chi connectivity index (χ3v) is 6.81. The van der Waals surface area contributed by atoms with Gasteiger partial charge in [-0.25, -0.2) is 0 Å². The van der Waals surface area contributed by atoms with Crippen LogP contribution in [0.4, 0.5) is 0 Å². The van der Waals surface area contributed by atoms with Gasteiger partial charge in [0.2, 0.25) is 0 Å². The molecule has 0 heterocycles. The molecule has 0 aromatic carbocycles. The second-order valence-corrected chi connectivity index (χ2v) is 7.46. The maximum atomic E-state index is 10.6. The lowest BCUT2D eigenvalue weighted by atomic mass is 9.38. The summed E-state index contributed by atoms with van der Waals surface area (Å²) in [6, 6.07) is 0. The van der Waals surface area contributed by atoms with Crippen molar-refractivity contribution in [3.05, 3.63) is 0 Å². The van der Waals surface area contributed by atoms with Crippen LogP contribution in [0.25, 0.3) is 0 Å². The molecule has 2 bridgehead atoms. The molecule has 1 nitrogen and oxygen atoms in total. The van der Waals surface area contributed by atoms with Crippen molar-refractivity contribution in [3.63, 3.8) is 0 Å². The topological polar surface area (TPSA) is 20.2 Å². The fraction of sp³-hybridized carbons (Fsp3) is 1.00. The zero-order chi connectivity index (χ0) is 11.6. The third kappa shape index (κ3) is 1.16. The summed E-state index contributed by atoms with van der Waals surface area (Å²) in [5.74, 6) is 1.43. The molecule has 0 saturated heterocycles. The van der Waals surface area contributed by atoms with Crippen LogP contribution in [0.1, 0.15) is 65.7 Å². The standard InChI is InChI=1S/C15H26O/c1-11-5-4-7-15-8-6-12(9-13(11,15)2)14(3,16)10-15/h11-12,16H,4-10H2,1-3H3. The van der Waals surface area contributed by atoms with Gasteiger partial charge in [0.15, 0.2) is 0 Å². The fourth-order valence-corrected chi connectivity index (χ4v) is 5.51. The molecule has 0 amide bonds. The molecule has 5 atom stereocenters. The Morgan fingerprint density at radius 1 is 1.12 bits per heavy atom. The molecule has 5 unspecified atom stereocenters. The smallest absolute Gasteiger partial charge is 0.0653 e. The van der Waals surface area contributed by atoms with E-state index >= 15 is 0 Å². The van der Waals surface area contributed by atoms with Crippen molar-refractivity contribution in [2.75, 3.05) is 0 Å². The largest absolute Gasteiger partial charge is 0.390 e. The average Bonchev–Trinajstić information content (AvgIpc) is 2.18. The quantitative estimate of drug-likeness (QED) is 0.662. The van der Waals surface area contributed by atoms with Gasteiger partial charge in [0.25, 0.3) is 0 Å². The van der Waals surface area contributed by atoms with Gasteiger partial charge in [-0.15, -0.1) is 0 Å². The summed E-state index contributed by atoms with van der Waals surface area (Å²) in [4.78, 5) is 0. The van der Waals surface area contributed by atoms with Gasteiger partial charge < -0.3 is 5.11 Å². The highest BCUT2D eigenvalue weighted by molar-refractivity contribution is 5.13. The maximum Gasteiger partial charge on any atom is 0.0653 e. The Hall–Kier alpha value is -0.0400. The first kappa shape index (κ1) is 11.1. The maximum absolute atomic E-state index is 10.6. The fourth-order valence-electron chi connectivity index (χ4n) is 5.51. The third-order valence-electron chi connectivity index (χ3n) is 6.81. The molecule has 0 aromatic rings. The van der Waals surface area contributed by atoms with Crippen molar-refractivity contribution >= 4 is 0 Å². The van der Waals surface area contributed by atoms with Crippen molar-refractivity contribution in [1.29, 1.82) is 0 Å². The van der Waals surface area contributed by atoms with Crippen LogP contribution in [0.3, 0.4) is 0 Å². The van der Waals surface area contributed by atoms with E-state index in [0.29, 0.717) is 16.7 Å². The Morgan fingerprint density at radius 2 is 1.88 bits per heavy atom. The predicted octanol–water partition coefficient (Wildman–Crippen LogP) is 3.75. The van der Waals surface area contributed by atoms with E-state index in [1.807, 2.05) is 0 Å². The summed E-state index contributed by atoms with van der Waals surface area (Å²) in [6.45, 7) is 7.08. The van der Waals surface area contributed by atoms with Gasteiger partial charge >= 0.3 is 0 Å². The van der Waals surface area contributed by atoms with Crippen molar-refractivity contribution in [1.82, 2.24) is 0 Å². The van der Waals surface area contributed by atoms with Crippen molar-refractivity contribution in [2.45, 2.75) is 71.3 Å². The SMILES string of the molecule is CC1CCCC23CCC(CC12C)C(C)(O)C3. The summed E-state index contributed by atoms with van der Waals surface area (Å²) in [7, 11) is 0. The highest BCUT2D eigenvalue weighted by atomic mass is 16.3. The van der Waals surface area contributed by atoms with Crippen LogP contribution >= 0.6 is 0 Å². The Balaban J connectivity index is 2.02. The molecule has 4 fully saturated rings. The Morgan fingerprint density at radius 3 is 2.56 bits per heavy atom. The molecule has 1 heteroatoms. The van der Waals surface area contributed by atoms with E-state index in [9.17, 15) is 5.11 Å². The van der Waals surface area contributed by atoms with Crippen LogP contribution < -0.4 is 0 Å². The van der Waals surface area contributed by atoms with E-state index < -0.39 is 0 Å². The molecular formula is C15H26O. The zero-order valence-electron chi connectivity index (χ0n) is 11.1. The van der Waals surface area contributed by atoms with Crippen molar-refractivity contribution < 1.29 is 5.11 Å². The lowest BCUT2D eigenvalue weighted by Gasteiger charge is -2.67. The minimum absolute atomic E-state index is 0.366. The molecular weight excluding hydrogens is 196 g/mol. The van der Waals surface area contributed by atoms with E-state index in [1.165, 1.54) is 38.5 Å². The first-order chi connectivity index (χ1) is 7.40. The molecule has 4 aliphatic carbocycles. The lowest BCUT2D eigenvalue weighted by Crippen LogP contribution is -2.62. The molecule has 4 saturated carbocycles. The number of rotatable bonds is 0. The molecule has 4 aliphatic rings. The van der Waals surface area contributed by atoms with Crippen molar-refractivity contribution in [3.8, 4) is 0 Å². The number of fused-ring (bicyclic) bond motifs is 2. The minimum Gasteiger partial charge on any atom is -0.390 e. The van der Waals surface area contributed by atoms with Gasteiger partial charge in [0, 0.05) is 0 Å². The Bertz CT molecular complexity index is 305. The van der Waals surface area contributed by atoms with Crippen LogP contribution in [-0.4, -0.2) is 10.7 Å². The highest BCUT2D eigenvalue weighted by Gasteiger charge is 2.63. The molecule has 1 spiro atoms. The average molecular weight is 222 g/mol. The summed E-state index contributed by atoms with van der Waals surface area (Å²) in [5.41, 5.74) is 0.633. The Labute approximate surface area is 99.6 Å². The van der Waals surface area contributed by atoms with E-state index in [1.54, 1.807) is 0 Å². The minimum atomic E-state index is -0.366. The number of hydrogen-bond acceptors (Lipinski definition) is 1. The van der Waals surface area contributed by atoms with Gasteiger partial charge in [-0.3, -0.25) is 0 Å². The summed E-state index contributed by atoms with van der Waals surface area (Å²) in [5, 5.41) is 10.6. The zero-order valence-corrected chi connectivity index (χ0v) is 11.1. The van der Waals surface area contributed by atoms with Crippen LogP contribution in [0.5, 0.6) is 0 Å². The van der Waals surface area contributed by atoms with Crippen molar-refractivity contribution in [2.24, 2.45) is 22.7 Å². The first-order valence-electron chi connectivity index (χ1n) is 7.12. The molecule has 4 rings (SSSR count). The second kappa shape index (κ2) is 3.04. The summed E-state index contributed by atoms with van der Waals surface area (Å²) >= 11 is 0. The van der Waals surface area contributed by atoms with Crippen LogP contribution in [0.2, 0.25) is 0 Å². The lowest BCUT2D eigenvalue weighted by molar-refractivity contribution is -0.219. The van der Waals surface area contributed by atoms with Gasteiger partial charge in [-0.2, -0.15) is 0 Å². The normalized spacial score (nSPS) is 60.8. The van der Waals surface area contributed by atoms with Crippen LogP contribution in [-0.2, 0) is 0 Å². The van der Waals surface area contributed by atoms with Gasteiger partial charge in [-0.1, -0.05) is 26.7 Å². The summed E-state index contributed by atoms with van der Waals surface area (Å²) < 4.78 is 0. The van der Waals surface area contributed by atoms with E-state index in [2.05, 4.69) is 20.8 Å². The molecule has 92 valence electrons. The molecule has 0 radical (unpaired) electrons. The molecule has 0 aromatic heterocycles. The monoisotopic (exact) mass is 222 g/mol. The van der Waals surface area contributed by atoms with E-state index in [0.717, 1.165) is 12.3 Å². The van der Waals surface area contributed by atoms with E-state index in [-0.39, 0.29) is 5.60 Å². The van der Waals surface area contributed by atoms with Crippen LogP contribution in [0.15, 0.2) is 0 Å². The Kier molecular flexibility index (Phi) is 2.11. The van der Waals surface area contributed by atoms with E-state index in [4.69, 9.17) is 0 Å². The number of hydrogen-bond donors (Lipinski definition) is 1. The van der Waals surface area contributed by atoms with Gasteiger partial charge in [0.1, 0.15) is 0 Å². The van der Waals surface area contributed by atoms with Gasteiger partial charge in [-0.05, 0) is 61.7 Å².